The van der Waals surface area contributed by atoms with E-state index in [1.165, 1.54) is 0 Å². The van der Waals surface area contributed by atoms with Gasteiger partial charge in [0.15, 0.2) is 0 Å². The first kappa shape index (κ1) is 25.1. The lowest BCUT2D eigenvalue weighted by Crippen LogP contribution is -2.58. The lowest BCUT2D eigenvalue weighted by atomic mass is 9.51. The summed E-state index contributed by atoms with van der Waals surface area (Å²) in [4.78, 5) is 25.1. The summed E-state index contributed by atoms with van der Waals surface area (Å²) in [5, 5.41) is 17.6. The van der Waals surface area contributed by atoms with E-state index in [2.05, 4.69) is 45.3 Å². The van der Waals surface area contributed by atoms with Crippen LogP contribution in [0.4, 0.5) is 0 Å². The van der Waals surface area contributed by atoms with Gasteiger partial charge in [0.2, 0.25) is 11.8 Å². The van der Waals surface area contributed by atoms with Crippen molar-refractivity contribution in [1.82, 2.24) is 10.6 Å². The molecule has 2 amide bonds. The Kier molecular flexibility index (Phi) is 8.36. The van der Waals surface area contributed by atoms with Gasteiger partial charge in [-0.05, 0) is 54.3 Å². The van der Waals surface area contributed by atoms with Crippen molar-refractivity contribution < 1.29 is 19.4 Å². The molecule has 2 fully saturated rings. The third-order valence-corrected chi connectivity index (χ3v) is 7.59. The van der Waals surface area contributed by atoms with Crippen LogP contribution in [0, 0.1) is 34.5 Å². The Balaban J connectivity index is 2.08. The summed E-state index contributed by atoms with van der Waals surface area (Å²) < 4.78 is 5.01. The molecular weight excluding hydrogens is 380 g/mol. The fourth-order valence-electron chi connectivity index (χ4n) is 5.87. The molecule has 6 heteroatoms. The summed E-state index contributed by atoms with van der Waals surface area (Å²) in [5.74, 6) is 0.0313. The first-order valence-electron chi connectivity index (χ1n) is 11.6. The zero-order valence-corrected chi connectivity index (χ0v) is 20.1. The fourth-order valence-corrected chi connectivity index (χ4v) is 5.87. The van der Waals surface area contributed by atoms with Gasteiger partial charge in [0.05, 0.1) is 12.7 Å². The quantitative estimate of drug-likeness (QED) is 0.548. The van der Waals surface area contributed by atoms with E-state index in [9.17, 15) is 14.7 Å². The summed E-state index contributed by atoms with van der Waals surface area (Å²) >= 11 is 0. The van der Waals surface area contributed by atoms with Gasteiger partial charge in [-0.15, -0.1) is 0 Å². The molecule has 0 aromatic carbocycles. The van der Waals surface area contributed by atoms with E-state index >= 15 is 0 Å². The van der Waals surface area contributed by atoms with Crippen LogP contribution < -0.4 is 10.6 Å². The van der Waals surface area contributed by atoms with Gasteiger partial charge in [0.1, 0.15) is 0 Å². The van der Waals surface area contributed by atoms with Crippen molar-refractivity contribution in [2.75, 3.05) is 20.3 Å². The second-order valence-corrected chi connectivity index (χ2v) is 11.3. The van der Waals surface area contributed by atoms with Crippen molar-refractivity contribution >= 4 is 11.8 Å². The van der Waals surface area contributed by atoms with E-state index in [1.807, 2.05) is 6.92 Å². The number of hydrogen-bond acceptors (Lipinski definition) is 4. The van der Waals surface area contributed by atoms with Crippen molar-refractivity contribution in [1.29, 1.82) is 0 Å². The number of methoxy groups -OCH3 is 1. The molecule has 7 atom stereocenters. The molecule has 0 bridgehead atoms. The van der Waals surface area contributed by atoms with Crippen molar-refractivity contribution in [3.63, 3.8) is 0 Å². The number of carbonyl (C=O) groups is 2. The molecule has 3 N–H and O–H groups in total. The van der Waals surface area contributed by atoms with Gasteiger partial charge >= 0.3 is 0 Å². The molecule has 0 aromatic rings. The van der Waals surface area contributed by atoms with Crippen molar-refractivity contribution in [3.05, 3.63) is 0 Å². The maximum Gasteiger partial charge on any atom is 0.223 e. The van der Waals surface area contributed by atoms with Gasteiger partial charge in [-0.1, -0.05) is 41.5 Å². The van der Waals surface area contributed by atoms with Gasteiger partial charge in [0.25, 0.3) is 0 Å². The zero-order valence-electron chi connectivity index (χ0n) is 20.1. The lowest BCUT2D eigenvalue weighted by Gasteiger charge is -2.56. The zero-order chi connectivity index (χ0) is 22.7. The highest BCUT2D eigenvalue weighted by Crippen LogP contribution is 2.55. The van der Waals surface area contributed by atoms with Crippen LogP contribution in [-0.4, -0.2) is 49.3 Å². The monoisotopic (exact) mass is 424 g/mol. The molecule has 2 saturated carbocycles. The van der Waals surface area contributed by atoms with Crippen molar-refractivity contribution in [2.24, 2.45) is 34.5 Å². The van der Waals surface area contributed by atoms with Crippen LogP contribution in [0.2, 0.25) is 0 Å². The number of amides is 2. The Morgan fingerprint density at radius 2 is 1.87 bits per heavy atom. The SMILES string of the molecule is COCCNC(=O)C(C)C1CCC2(C)CCC(NC(=O)CC(C)(C)C)C(C)C2C1O. The van der Waals surface area contributed by atoms with E-state index < -0.39 is 6.10 Å². The molecule has 0 saturated heterocycles. The van der Waals surface area contributed by atoms with Crippen molar-refractivity contribution in [2.45, 2.75) is 85.8 Å². The average molecular weight is 425 g/mol. The number of ether oxygens (including phenoxy) is 1. The number of aliphatic hydroxyl groups excluding tert-OH is 1. The van der Waals surface area contributed by atoms with Crippen LogP contribution in [-0.2, 0) is 14.3 Å². The van der Waals surface area contributed by atoms with E-state index in [4.69, 9.17) is 4.74 Å². The molecule has 0 aliphatic heterocycles. The summed E-state index contributed by atoms with van der Waals surface area (Å²) in [6.07, 6.45) is 3.80. The minimum absolute atomic E-state index is 0.0156. The topological polar surface area (TPSA) is 87.7 Å². The first-order valence-corrected chi connectivity index (χ1v) is 11.6. The fraction of sp³-hybridized carbons (Fsp3) is 0.917. The Morgan fingerprint density at radius 1 is 1.23 bits per heavy atom. The standard InChI is InChI=1S/C24H44N2O4/c1-15(22(29)25-12-13-30-7)17-8-10-24(6)11-9-18(16(2)20(24)21(17)28)26-19(27)14-23(3,4)5/h15-18,20-21,28H,8-14H2,1-7H3,(H,25,29)(H,26,27). The molecule has 2 aliphatic rings. The Bertz CT molecular complexity index is 603. The van der Waals surface area contributed by atoms with Crippen LogP contribution in [0.5, 0.6) is 0 Å². The molecule has 0 radical (unpaired) electrons. The number of rotatable bonds is 7. The maximum atomic E-state index is 12.6. The van der Waals surface area contributed by atoms with Crippen molar-refractivity contribution in [3.8, 4) is 0 Å². The van der Waals surface area contributed by atoms with Gasteiger partial charge in [-0.3, -0.25) is 9.59 Å². The molecule has 0 aromatic heterocycles. The van der Waals surface area contributed by atoms with Gasteiger partial charge < -0.3 is 20.5 Å². The van der Waals surface area contributed by atoms with E-state index in [0.717, 1.165) is 25.7 Å². The van der Waals surface area contributed by atoms with Crippen LogP contribution in [0.15, 0.2) is 0 Å². The summed E-state index contributed by atoms with van der Waals surface area (Å²) in [6, 6.07) is 0.0807. The van der Waals surface area contributed by atoms with E-state index in [1.54, 1.807) is 7.11 Å². The second-order valence-electron chi connectivity index (χ2n) is 11.3. The summed E-state index contributed by atoms with van der Waals surface area (Å²) in [5.41, 5.74) is 0.0182. The highest BCUT2D eigenvalue weighted by molar-refractivity contribution is 5.78. The third-order valence-electron chi connectivity index (χ3n) is 7.59. The summed E-state index contributed by atoms with van der Waals surface area (Å²) in [7, 11) is 1.61. The molecular formula is C24H44N2O4. The molecule has 30 heavy (non-hydrogen) atoms. The molecule has 2 rings (SSSR count). The Hall–Kier alpha value is -1.14. The average Bonchev–Trinajstić information content (AvgIpc) is 2.62. The molecule has 6 nitrogen and oxygen atoms in total. The smallest absolute Gasteiger partial charge is 0.223 e. The minimum atomic E-state index is -0.538. The Labute approximate surface area is 182 Å². The molecule has 2 aliphatic carbocycles. The van der Waals surface area contributed by atoms with Gasteiger partial charge in [0, 0.05) is 32.0 Å². The largest absolute Gasteiger partial charge is 0.392 e. The highest BCUT2D eigenvalue weighted by Gasteiger charge is 2.53. The predicted octanol–water partition coefficient (Wildman–Crippen LogP) is 3.13. The second kappa shape index (κ2) is 9.99. The van der Waals surface area contributed by atoms with Crippen LogP contribution >= 0.6 is 0 Å². The normalized spacial score (nSPS) is 35.3. The van der Waals surface area contributed by atoms with Gasteiger partial charge in [-0.2, -0.15) is 0 Å². The number of hydrogen-bond donors (Lipinski definition) is 3. The molecule has 174 valence electrons. The predicted molar refractivity (Wildman–Crippen MR) is 119 cm³/mol. The highest BCUT2D eigenvalue weighted by atomic mass is 16.5. The molecule has 0 heterocycles. The minimum Gasteiger partial charge on any atom is -0.392 e. The maximum absolute atomic E-state index is 12.6. The lowest BCUT2D eigenvalue weighted by molar-refractivity contribution is -0.144. The van der Waals surface area contributed by atoms with Crippen LogP contribution in [0.3, 0.4) is 0 Å². The first-order chi connectivity index (χ1) is 13.9. The van der Waals surface area contributed by atoms with Crippen LogP contribution in [0.1, 0.15) is 73.6 Å². The number of aliphatic hydroxyl groups is 1. The third kappa shape index (κ3) is 5.97. The number of carbonyl (C=O) groups excluding carboxylic acids is 2. The van der Waals surface area contributed by atoms with Gasteiger partial charge in [-0.25, -0.2) is 0 Å². The molecule has 7 unspecified atom stereocenters. The van der Waals surface area contributed by atoms with E-state index in [0.29, 0.717) is 19.6 Å². The summed E-state index contributed by atoms with van der Waals surface area (Å²) in [6.45, 7) is 13.6. The van der Waals surface area contributed by atoms with E-state index in [-0.39, 0.29) is 52.4 Å². The number of nitrogens with one attached hydrogen (secondary N) is 2. The molecule has 0 spiro atoms. The number of fused-ring (bicyclic) bond motifs is 1. The Morgan fingerprint density at radius 3 is 2.47 bits per heavy atom. The van der Waals surface area contributed by atoms with Crippen LogP contribution in [0.25, 0.3) is 0 Å².